The number of anilines is 1. The molecule has 0 heterocycles. The first-order chi connectivity index (χ1) is 9.13. The van der Waals surface area contributed by atoms with Gasteiger partial charge in [-0.15, -0.1) is 12.4 Å². The van der Waals surface area contributed by atoms with E-state index in [0.717, 1.165) is 29.1 Å². The van der Waals surface area contributed by atoms with Crippen molar-refractivity contribution in [1.29, 1.82) is 0 Å². The molecule has 2 atom stereocenters. The second-order valence-electron chi connectivity index (χ2n) is 5.27. The molecule has 1 aliphatic carbocycles. The van der Waals surface area contributed by atoms with Crippen LogP contribution in [-0.2, 0) is 6.42 Å². The number of hydrogen-bond donors (Lipinski definition) is 2. The Morgan fingerprint density at radius 3 is 2.55 bits per heavy atom. The van der Waals surface area contributed by atoms with Crippen molar-refractivity contribution in [1.82, 2.24) is 0 Å². The van der Waals surface area contributed by atoms with Gasteiger partial charge in [0.15, 0.2) is 0 Å². The summed E-state index contributed by atoms with van der Waals surface area (Å²) in [6, 6.07) is 14.5. The van der Waals surface area contributed by atoms with Crippen molar-refractivity contribution in [2.75, 3.05) is 5.73 Å². The van der Waals surface area contributed by atoms with Gasteiger partial charge in [-0.25, -0.2) is 0 Å². The molecule has 0 saturated heterocycles. The van der Waals surface area contributed by atoms with Gasteiger partial charge in [0.2, 0.25) is 0 Å². The fourth-order valence-electron chi connectivity index (χ4n) is 2.47. The van der Waals surface area contributed by atoms with Gasteiger partial charge < -0.3 is 11.5 Å². The highest BCUT2D eigenvalue weighted by molar-refractivity contribution is 6.30. The minimum Gasteiger partial charge on any atom is -0.398 e. The van der Waals surface area contributed by atoms with Crippen LogP contribution in [0.2, 0.25) is 5.02 Å². The standard InChI is InChI=1S/C16H17ClN2.ClH/c17-13-3-1-2-10(7-13)6-12-8-11(4-5-15(12)18)14-9-16(14)19;/h1-5,7-8,14,16H,6,9,18-19H2;1H. The summed E-state index contributed by atoms with van der Waals surface area (Å²) < 4.78 is 0. The number of rotatable bonds is 3. The van der Waals surface area contributed by atoms with E-state index in [4.69, 9.17) is 23.1 Å². The molecule has 106 valence electrons. The lowest BCUT2D eigenvalue weighted by Gasteiger charge is -2.09. The van der Waals surface area contributed by atoms with Crippen molar-refractivity contribution in [2.45, 2.75) is 24.8 Å². The van der Waals surface area contributed by atoms with Gasteiger partial charge in [0, 0.05) is 22.7 Å². The Balaban J connectivity index is 0.00000147. The van der Waals surface area contributed by atoms with Crippen LogP contribution in [0, 0.1) is 0 Å². The minimum absolute atomic E-state index is 0. The third kappa shape index (κ3) is 3.26. The predicted octanol–water partition coefficient (Wildman–Crippen LogP) is 3.75. The summed E-state index contributed by atoms with van der Waals surface area (Å²) in [5.74, 6) is 0.513. The number of halogens is 2. The van der Waals surface area contributed by atoms with Crippen LogP contribution >= 0.6 is 24.0 Å². The van der Waals surface area contributed by atoms with Gasteiger partial charge in [0.1, 0.15) is 0 Å². The van der Waals surface area contributed by atoms with E-state index in [1.165, 1.54) is 11.1 Å². The summed E-state index contributed by atoms with van der Waals surface area (Å²) in [6.45, 7) is 0. The van der Waals surface area contributed by atoms with Gasteiger partial charge in [-0.3, -0.25) is 0 Å². The summed E-state index contributed by atoms with van der Waals surface area (Å²) in [7, 11) is 0. The lowest BCUT2D eigenvalue weighted by Crippen LogP contribution is -2.02. The van der Waals surface area contributed by atoms with Gasteiger partial charge in [0.25, 0.3) is 0 Å². The molecular formula is C16H18Cl2N2. The van der Waals surface area contributed by atoms with Crippen LogP contribution in [0.4, 0.5) is 5.69 Å². The Labute approximate surface area is 130 Å². The fraction of sp³-hybridized carbons (Fsp3) is 0.250. The van der Waals surface area contributed by atoms with Gasteiger partial charge >= 0.3 is 0 Å². The maximum absolute atomic E-state index is 6.07. The second-order valence-corrected chi connectivity index (χ2v) is 5.71. The van der Waals surface area contributed by atoms with Crippen molar-refractivity contribution in [2.24, 2.45) is 5.73 Å². The Bertz CT molecular complexity index is 613. The van der Waals surface area contributed by atoms with Gasteiger partial charge in [-0.05, 0) is 47.7 Å². The molecule has 2 unspecified atom stereocenters. The van der Waals surface area contributed by atoms with Crippen LogP contribution in [0.5, 0.6) is 0 Å². The first-order valence-electron chi connectivity index (χ1n) is 6.52. The zero-order valence-electron chi connectivity index (χ0n) is 11.1. The molecule has 0 bridgehead atoms. The summed E-state index contributed by atoms with van der Waals surface area (Å²) in [5, 5.41) is 0.761. The van der Waals surface area contributed by atoms with Crippen LogP contribution < -0.4 is 11.5 Å². The van der Waals surface area contributed by atoms with E-state index >= 15 is 0 Å². The van der Waals surface area contributed by atoms with Crippen molar-refractivity contribution >= 4 is 29.7 Å². The highest BCUT2D eigenvalue weighted by atomic mass is 35.5. The van der Waals surface area contributed by atoms with Crippen LogP contribution in [0.25, 0.3) is 0 Å². The molecule has 0 aromatic heterocycles. The quantitative estimate of drug-likeness (QED) is 0.848. The Morgan fingerprint density at radius 2 is 1.90 bits per heavy atom. The van der Waals surface area contributed by atoms with E-state index in [0.29, 0.717) is 12.0 Å². The largest absolute Gasteiger partial charge is 0.398 e. The fourth-order valence-corrected chi connectivity index (χ4v) is 2.69. The van der Waals surface area contributed by atoms with E-state index in [1.54, 1.807) is 0 Å². The summed E-state index contributed by atoms with van der Waals surface area (Å²) in [6.07, 6.45) is 1.89. The molecular weight excluding hydrogens is 291 g/mol. The molecule has 2 nitrogen and oxygen atoms in total. The van der Waals surface area contributed by atoms with Crippen LogP contribution in [0.3, 0.4) is 0 Å². The molecule has 4 N–H and O–H groups in total. The molecule has 1 fully saturated rings. The molecule has 2 aromatic carbocycles. The van der Waals surface area contributed by atoms with Crippen molar-refractivity contribution in [3.05, 3.63) is 64.2 Å². The molecule has 20 heavy (non-hydrogen) atoms. The van der Waals surface area contributed by atoms with E-state index < -0.39 is 0 Å². The molecule has 4 heteroatoms. The van der Waals surface area contributed by atoms with Crippen molar-refractivity contribution in [3.8, 4) is 0 Å². The predicted molar refractivity (Wildman–Crippen MR) is 87.7 cm³/mol. The molecule has 1 aliphatic rings. The van der Waals surface area contributed by atoms with Crippen LogP contribution in [-0.4, -0.2) is 6.04 Å². The Kier molecular flexibility index (Phi) is 4.59. The lowest BCUT2D eigenvalue weighted by molar-refractivity contribution is 0.986. The normalized spacial score (nSPS) is 20.3. The van der Waals surface area contributed by atoms with Gasteiger partial charge in [0.05, 0.1) is 0 Å². The van der Waals surface area contributed by atoms with Crippen molar-refractivity contribution < 1.29 is 0 Å². The first kappa shape index (κ1) is 15.2. The average molecular weight is 309 g/mol. The molecule has 0 radical (unpaired) electrons. The zero-order chi connectivity index (χ0) is 13.4. The van der Waals surface area contributed by atoms with E-state index in [2.05, 4.69) is 18.2 Å². The number of nitrogen functional groups attached to an aromatic ring is 1. The summed E-state index contributed by atoms with van der Waals surface area (Å²) in [5.41, 5.74) is 16.4. The first-order valence-corrected chi connectivity index (χ1v) is 6.89. The number of hydrogen-bond acceptors (Lipinski definition) is 2. The highest BCUT2D eigenvalue weighted by Crippen LogP contribution is 2.40. The molecule has 0 amide bonds. The summed E-state index contributed by atoms with van der Waals surface area (Å²) >= 11 is 6.01. The Hall–Kier alpha value is -1.22. The van der Waals surface area contributed by atoms with E-state index in [1.807, 2.05) is 24.3 Å². The van der Waals surface area contributed by atoms with Gasteiger partial charge in [-0.1, -0.05) is 35.9 Å². The molecule has 1 saturated carbocycles. The number of nitrogens with two attached hydrogens (primary N) is 2. The molecule has 3 rings (SSSR count). The third-order valence-corrected chi connectivity index (χ3v) is 3.95. The summed E-state index contributed by atoms with van der Waals surface area (Å²) in [4.78, 5) is 0. The minimum atomic E-state index is 0. The second kappa shape index (κ2) is 6.04. The number of benzene rings is 2. The average Bonchev–Trinajstić information content (AvgIpc) is 3.09. The third-order valence-electron chi connectivity index (χ3n) is 3.72. The molecule has 0 spiro atoms. The zero-order valence-corrected chi connectivity index (χ0v) is 12.6. The highest BCUT2D eigenvalue weighted by Gasteiger charge is 2.34. The lowest BCUT2D eigenvalue weighted by atomic mass is 9.99. The smallest absolute Gasteiger partial charge is 0.0408 e. The molecule has 2 aromatic rings. The van der Waals surface area contributed by atoms with Gasteiger partial charge in [-0.2, -0.15) is 0 Å². The van der Waals surface area contributed by atoms with Crippen molar-refractivity contribution in [3.63, 3.8) is 0 Å². The maximum Gasteiger partial charge on any atom is 0.0408 e. The van der Waals surface area contributed by atoms with E-state index in [-0.39, 0.29) is 12.4 Å². The van der Waals surface area contributed by atoms with Crippen LogP contribution in [0.1, 0.15) is 29.0 Å². The monoisotopic (exact) mass is 308 g/mol. The Morgan fingerprint density at radius 1 is 1.15 bits per heavy atom. The SMILES string of the molecule is Cl.Nc1ccc(C2CC2N)cc1Cc1cccc(Cl)c1. The van der Waals surface area contributed by atoms with Crippen LogP contribution in [0.15, 0.2) is 42.5 Å². The maximum atomic E-state index is 6.07. The van der Waals surface area contributed by atoms with E-state index in [9.17, 15) is 0 Å². The topological polar surface area (TPSA) is 52.0 Å². The molecule has 0 aliphatic heterocycles.